The van der Waals surface area contributed by atoms with E-state index in [9.17, 15) is 4.79 Å². The third kappa shape index (κ3) is 5.67. The Hall–Kier alpha value is -1.47. The maximum atomic E-state index is 13.4. The second kappa shape index (κ2) is 9.99. The molecular weight excluding hydrogens is 392 g/mol. The van der Waals surface area contributed by atoms with E-state index >= 15 is 0 Å². The highest BCUT2D eigenvalue weighted by Gasteiger charge is 2.37. The lowest BCUT2D eigenvalue weighted by Crippen LogP contribution is -2.50. The van der Waals surface area contributed by atoms with Crippen molar-refractivity contribution in [2.75, 3.05) is 32.8 Å². The van der Waals surface area contributed by atoms with Crippen molar-refractivity contribution in [1.29, 1.82) is 0 Å². The van der Waals surface area contributed by atoms with E-state index in [4.69, 9.17) is 9.26 Å². The lowest BCUT2D eigenvalue weighted by Gasteiger charge is -2.42. The standard InChI is InChI=1S/C24H40N4O3/c1-24(2,3)23-25-21(26-31-23)17-27-13-8-18(9-14-27)20-7-5-4-6-12-28(20)22(29)19-10-15-30-16-11-19/h18-20H,4-17H2,1-3H3. The van der Waals surface area contributed by atoms with E-state index in [1.165, 1.54) is 19.3 Å². The number of piperidine rings is 1. The van der Waals surface area contributed by atoms with Gasteiger partial charge in [-0.1, -0.05) is 38.8 Å². The van der Waals surface area contributed by atoms with E-state index in [-0.39, 0.29) is 11.3 Å². The maximum Gasteiger partial charge on any atom is 0.232 e. The van der Waals surface area contributed by atoms with Crippen LogP contribution in [0.2, 0.25) is 0 Å². The largest absolute Gasteiger partial charge is 0.381 e. The molecule has 1 aromatic heterocycles. The van der Waals surface area contributed by atoms with Gasteiger partial charge in [0.25, 0.3) is 0 Å². The zero-order chi connectivity index (χ0) is 21.8. The summed E-state index contributed by atoms with van der Waals surface area (Å²) in [4.78, 5) is 22.7. The Kier molecular flexibility index (Phi) is 7.32. The molecule has 31 heavy (non-hydrogen) atoms. The molecule has 3 aliphatic rings. The first-order valence-electron chi connectivity index (χ1n) is 12.4. The summed E-state index contributed by atoms with van der Waals surface area (Å²) in [6, 6.07) is 0.415. The third-order valence-electron chi connectivity index (χ3n) is 7.30. The van der Waals surface area contributed by atoms with Crippen molar-refractivity contribution in [3.05, 3.63) is 11.7 Å². The number of aromatic nitrogens is 2. The van der Waals surface area contributed by atoms with Gasteiger partial charge in [0.1, 0.15) is 0 Å². The zero-order valence-electron chi connectivity index (χ0n) is 19.6. The number of rotatable bonds is 4. The van der Waals surface area contributed by atoms with E-state index in [2.05, 4.69) is 40.7 Å². The zero-order valence-corrected chi connectivity index (χ0v) is 19.6. The summed E-state index contributed by atoms with van der Waals surface area (Å²) < 4.78 is 11.0. The fourth-order valence-electron chi connectivity index (χ4n) is 5.40. The highest BCUT2D eigenvalue weighted by Crippen LogP contribution is 2.32. The first-order valence-corrected chi connectivity index (χ1v) is 12.4. The molecule has 0 N–H and O–H groups in total. The first-order chi connectivity index (χ1) is 14.9. The summed E-state index contributed by atoms with van der Waals surface area (Å²) in [6.45, 7) is 11.5. The Balaban J connectivity index is 1.34. The van der Waals surface area contributed by atoms with E-state index in [1.807, 2.05) is 0 Å². The van der Waals surface area contributed by atoms with Crippen LogP contribution >= 0.6 is 0 Å². The SMILES string of the molecule is CC(C)(C)c1nc(CN2CCC(C3CCCCCN3C(=O)C3CCOCC3)CC2)no1. The van der Waals surface area contributed by atoms with Gasteiger partial charge in [0.15, 0.2) is 5.82 Å². The van der Waals surface area contributed by atoms with Crippen LogP contribution in [0.15, 0.2) is 4.52 Å². The van der Waals surface area contributed by atoms with Crippen LogP contribution in [-0.2, 0) is 21.5 Å². The fraction of sp³-hybridized carbons (Fsp3) is 0.875. The van der Waals surface area contributed by atoms with Gasteiger partial charge < -0.3 is 14.2 Å². The predicted octanol–water partition coefficient (Wildman–Crippen LogP) is 3.78. The van der Waals surface area contributed by atoms with Crippen LogP contribution in [0.1, 0.15) is 83.9 Å². The molecule has 3 aliphatic heterocycles. The average molecular weight is 433 g/mol. The molecule has 4 rings (SSSR count). The topological polar surface area (TPSA) is 71.7 Å². The van der Waals surface area contributed by atoms with Gasteiger partial charge in [0.05, 0.1) is 6.54 Å². The van der Waals surface area contributed by atoms with Crippen molar-refractivity contribution < 1.29 is 14.1 Å². The first kappa shape index (κ1) is 22.7. The number of nitrogens with zero attached hydrogens (tertiary/aromatic N) is 4. The van der Waals surface area contributed by atoms with Crippen LogP contribution in [0.25, 0.3) is 0 Å². The molecule has 3 saturated heterocycles. The highest BCUT2D eigenvalue weighted by atomic mass is 16.5. The molecular formula is C24H40N4O3. The summed E-state index contributed by atoms with van der Waals surface area (Å²) in [5, 5.41) is 4.19. The monoisotopic (exact) mass is 432 g/mol. The molecule has 1 aromatic rings. The Morgan fingerprint density at radius 2 is 1.74 bits per heavy atom. The molecule has 7 nitrogen and oxygen atoms in total. The van der Waals surface area contributed by atoms with Gasteiger partial charge in [-0.3, -0.25) is 9.69 Å². The molecule has 0 saturated carbocycles. The minimum absolute atomic E-state index is 0.113. The number of likely N-dealkylation sites (tertiary alicyclic amines) is 2. The Morgan fingerprint density at radius 3 is 2.42 bits per heavy atom. The molecule has 3 fully saturated rings. The van der Waals surface area contributed by atoms with Gasteiger partial charge >= 0.3 is 0 Å². The minimum atomic E-state index is -0.113. The van der Waals surface area contributed by atoms with Crippen molar-refractivity contribution in [3.63, 3.8) is 0 Å². The van der Waals surface area contributed by atoms with Crippen LogP contribution in [0.3, 0.4) is 0 Å². The molecule has 0 aromatic carbocycles. The van der Waals surface area contributed by atoms with E-state index in [0.29, 0.717) is 23.8 Å². The van der Waals surface area contributed by atoms with Gasteiger partial charge in [-0.05, 0) is 57.5 Å². The fourth-order valence-corrected chi connectivity index (χ4v) is 5.40. The molecule has 1 unspecified atom stereocenters. The third-order valence-corrected chi connectivity index (χ3v) is 7.30. The van der Waals surface area contributed by atoms with E-state index in [1.54, 1.807) is 0 Å². The van der Waals surface area contributed by atoms with Crippen LogP contribution in [0.5, 0.6) is 0 Å². The predicted molar refractivity (Wildman–Crippen MR) is 119 cm³/mol. The lowest BCUT2D eigenvalue weighted by atomic mass is 9.85. The second-order valence-corrected chi connectivity index (χ2v) is 10.7. The number of carbonyl (C=O) groups is 1. The van der Waals surface area contributed by atoms with Crippen LogP contribution in [0.4, 0.5) is 0 Å². The average Bonchev–Trinajstić information content (AvgIpc) is 3.11. The van der Waals surface area contributed by atoms with Crippen molar-refractivity contribution in [3.8, 4) is 0 Å². The van der Waals surface area contributed by atoms with Crippen molar-refractivity contribution >= 4 is 5.91 Å². The highest BCUT2D eigenvalue weighted by molar-refractivity contribution is 5.79. The number of hydrogen-bond donors (Lipinski definition) is 0. The number of carbonyl (C=O) groups excluding carboxylic acids is 1. The van der Waals surface area contributed by atoms with Crippen LogP contribution in [0, 0.1) is 11.8 Å². The van der Waals surface area contributed by atoms with Crippen molar-refractivity contribution in [2.45, 2.75) is 90.1 Å². The second-order valence-electron chi connectivity index (χ2n) is 10.7. The Bertz CT molecular complexity index is 715. The molecule has 0 spiro atoms. The molecule has 1 atom stereocenters. The number of hydrogen-bond acceptors (Lipinski definition) is 6. The molecule has 4 heterocycles. The summed E-state index contributed by atoms with van der Waals surface area (Å²) in [5.41, 5.74) is -0.113. The summed E-state index contributed by atoms with van der Waals surface area (Å²) in [6.07, 6.45) is 8.89. The molecule has 0 radical (unpaired) electrons. The summed E-state index contributed by atoms with van der Waals surface area (Å²) in [7, 11) is 0. The number of amides is 1. The van der Waals surface area contributed by atoms with Crippen molar-refractivity contribution in [2.24, 2.45) is 11.8 Å². The Morgan fingerprint density at radius 1 is 1.00 bits per heavy atom. The molecule has 0 aliphatic carbocycles. The quantitative estimate of drug-likeness (QED) is 0.721. The molecule has 7 heteroatoms. The van der Waals surface area contributed by atoms with Gasteiger partial charge in [-0.25, -0.2) is 0 Å². The van der Waals surface area contributed by atoms with E-state index in [0.717, 1.165) is 77.3 Å². The molecule has 174 valence electrons. The van der Waals surface area contributed by atoms with Crippen molar-refractivity contribution in [1.82, 2.24) is 19.9 Å². The normalized spacial score (nSPS) is 25.5. The van der Waals surface area contributed by atoms with Crippen LogP contribution in [-0.4, -0.2) is 64.7 Å². The summed E-state index contributed by atoms with van der Waals surface area (Å²) in [5.74, 6) is 2.67. The Labute approximate surface area is 186 Å². The minimum Gasteiger partial charge on any atom is -0.381 e. The van der Waals surface area contributed by atoms with Gasteiger partial charge in [0, 0.05) is 37.1 Å². The molecule has 0 bridgehead atoms. The van der Waals surface area contributed by atoms with E-state index < -0.39 is 0 Å². The number of ether oxygens (including phenoxy) is 1. The van der Waals surface area contributed by atoms with Gasteiger partial charge in [0.2, 0.25) is 11.8 Å². The smallest absolute Gasteiger partial charge is 0.232 e. The van der Waals surface area contributed by atoms with Crippen LogP contribution < -0.4 is 0 Å². The van der Waals surface area contributed by atoms with Gasteiger partial charge in [-0.2, -0.15) is 4.98 Å². The van der Waals surface area contributed by atoms with Gasteiger partial charge in [-0.15, -0.1) is 0 Å². The lowest BCUT2D eigenvalue weighted by molar-refractivity contribution is -0.142. The summed E-state index contributed by atoms with van der Waals surface area (Å²) >= 11 is 0. The maximum absolute atomic E-state index is 13.4. The molecule has 1 amide bonds.